The molecule has 9 heavy (non-hydrogen) atoms. The third-order valence-electron chi connectivity index (χ3n) is 1.32. The summed E-state index contributed by atoms with van der Waals surface area (Å²) in [5.74, 6) is 0. The molecule has 4 heteroatoms. The van der Waals surface area contributed by atoms with E-state index < -0.39 is 15.6 Å². The second-order valence-electron chi connectivity index (χ2n) is 2.16. The van der Waals surface area contributed by atoms with Gasteiger partial charge in [0.1, 0.15) is 0 Å². The smallest absolute Gasteiger partial charge is 0.246 e. The van der Waals surface area contributed by atoms with Crippen LogP contribution in [-0.2, 0) is 14.3 Å². The lowest BCUT2D eigenvalue weighted by Crippen LogP contribution is -1.86. The Morgan fingerprint density at radius 1 is 1.56 bits per heavy atom. The third-order valence-corrected chi connectivity index (χ3v) is 2.61. The highest BCUT2D eigenvalue weighted by atomic mass is 32.2. The molecule has 0 aromatic rings. The van der Waals surface area contributed by atoms with Crippen molar-refractivity contribution < 1.29 is 12.6 Å². The minimum atomic E-state index is -3.03. The Bertz CT molecular complexity index is 182. The van der Waals surface area contributed by atoms with E-state index in [-0.39, 0.29) is 0 Å². The standard InChI is InChI=1S/C5H10O3S/c1-2-3-4-5-8-9(5,6)7/h5H,2-4H2,1H3. The van der Waals surface area contributed by atoms with Crippen molar-refractivity contribution in [2.75, 3.05) is 0 Å². The van der Waals surface area contributed by atoms with Gasteiger partial charge < -0.3 is 0 Å². The zero-order valence-electron chi connectivity index (χ0n) is 5.33. The number of hydrogen-bond acceptors (Lipinski definition) is 3. The molecule has 0 bridgehead atoms. The summed E-state index contributed by atoms with van der Waals surface area (Å²) in [4.78, 5) is 0. The van der Waals surface area contributed by atoms with Crippen molar-refractivity contribution >= 4 is 10.1 Å². The van der Waals surface area contributed by atoms with E-state index >= 15 is 0 Å². The summed E-state index contributed by atoms with van der Waals surface area (Å²) in [6, 6.07) is 0. The molecule has 0 amide bonds. The molecule has 1 rings (SSSR count). The van der Waals surface area contributed by atoms with Gasteiger partial charge in [-0.05, 0) is 12.8 Å². The lowest BCUT2D eigenvalue weighted by molar-refractivity contribution is 0.420. The van der Waals surface area contributed by atoms with Gasteiger partial charge in [-0.2, -0.15) is 8.42 Å². The maximum Gasteiger partial charge on any atom is 0.297 e. The molecule has 0 radical (unpaired) electrons. The van der Waals surface area contributed by atoms with Crippen LogP contribution >= 0.6 is 0 Å². The van der Waals surface area contributed by atoms with Crippen molar-refractivity contribution in [3.8, 4) is 0 Å². The molecule has 1 fully saturated rings. The molecule has 1 aliphatic rings. The van der Waals surface area contributed by atoms with E-state index in [0.717, 1.165) is 12.8 Å². The number of rotatable bonds is 3. The van der Waals surface area contributed by atoms with Gasteiger partial charge in [0, 0.05) is 0 Å². The largest absolute Gasteiger partial charge is 0.297 e. The molecule has 0 aromatic heterocycles. The van der Waals surface area contributed by atoms with Gasteiger partial charge in [-0.1, -0.05) is 13.3 Å². The number of hydrogen-bond donors (Lipinski definition) is 0. The molecule has 1 heterocycles. The first-order chi connectivity index (χ1) is 4.17. The first kappa shape index (κ1) is 7.02. The van der Waals surface area contributed by atoms with Crippen LogP contribution in [-0.4, -0.2) is 13.9 Å². The molecular formula is C5H10O3S. The quantitative estimate of drug-likeness (QED) is 0.560. The van der Waals surface area contributed by atoms with Gasteiger partial charge in [-0.15, -0.1) is 0 Å². The highest BCUT2D eigenvalue weighted by Gasteiger charge is 2.44. The van der Waals surface area contributed by atoms with Crippen molar-refractivity contribution in [1.82, 2.24) is 0 Å². The minimum Gasteiger partial charge on any atom is -0.246 e. The van der Waals surface area contributed by atoms with Crippen molar-refractivity contribution in [1.29, 1.82) is 0 Å². The molecule has 1 saturated heterocycles. The summed E-state index contributed by atoms with van der Waals surface area (Å²) in [5.41, 5.74) is -0.461. The molecule has 0 N–H and O–H groups in total. The predicted octanol–water partition coefficient (Wildman–Crippen LogP) is 0.863. The van der Waals surface area contributed by atoms with Gasteiger partial charge in [-0.3, -0.25) is 0 Å². The van der Waals surface area contributed by atoms with Crippen LogP contribution in [0.2, 0.25) is 0 Å². The Morgan fingerprint density at radius 2 is 2.11 bits per heavy atom. The maximum atomic E-state index is 10.4. The lowest BCUT2D eigenvalue weighted by Gasteiger charge is -1.84. The summed E-state index contributed by atoms with van der Waals surface area (Å²) < 4.78 is 25.1. The van der Waals surface area contributed by atoms with Crippen LogP contribution in [0.1, 0.15) is 26.2 Å². The molecule has 0 saturated carbocycles. The molecule has 0 aromatic carbocycles. The molecule has 54 valence electrons. The molecule has 1 atom stereocenters. The lowest BCUT2D eigenvalue weighted by atomic mass is 10.3. The van der Waals surface area contributed by atoms with E-state index in [1.165, 1.54) is 0 Å². The van der Waals surface area contributed by atoms with Gasteiger partial charge in [-0.25, -0.2) is 4.18 Å². The van der Waals surface area contributed by atoms with E-state index in [2.05, 4.69) is 4.18 Å². The Hall–Kier alpha value is -0.0900. The zero-order valence-corrected chi connectivity index (χ0v) is 6.15. The van der Waals surface area contributed by atoms with Gasteiger partial charge >= 0.3 is 0 Å². The Balaban J connectivity index is 2.21. The molecule has 1 aliphatic heterocycles. The van der Waals surface area contributed by atoms with Crippen molar-refractivity contribution in [2.24, 2.45) is 0 Å². The fraction of sp³-hybridized carbons (Fsp3) is 1.00. The predicted molar refractivity (Wildman–Crippen MR) is 33.3 cm³/mol. The highest BCUT2D eigenvalue weighted by molar-refractivity contribution is 7.92. The van der Waals surface area contributed by atoms with E-state index in [4.69, 9.17) is 0 Å². The van der Waals surface area contributed by atoms with Crippen molar-refractivity contribution in [3.63, 3.8) is 0 Å². The van der Waals surface area contributed by atoms with Gasteiger partial charge in [0.15, 0.2) is 0 Å². The van der Waals surface area contributed by atoms with E-state index in [0.29, 0.717) is 6.42 Å². The Kier molecular flexibility index (Phi) is 1.77. The molecular weight excluding hydrogens is 140 g/mol. The molecule has 1 unspecified atom stereocenters. The monoisotopic (exact) mass is 150 g/mol. The van der Waals surface area contributed by atoms with Gasteiger partial charge in [0.05, 0.1) is 0 Å². The molecule has 3 nitrogen and oxygen atoms in total. The third kappa shape index (κ3) is 1.66. The summed E-state index contributed by atoms with van der Waals surface area (Å²) in [5, 5.41) is 0. The summed E-state index contributed by atoms with van der Waals surface area (Å²) in [7, 11) is -3.03. The average Bonchev–Trinajstić information content (AvgIpc) is 2.35. The van der Waals surface area contributed by atoms with Crippen LogP contribution in [0.4, 0.5) is 0 Å². The van der Waals surface area contributed by atoms with Crippen LogP contribution < -0.4 is 0 Å². The van der Waals surface area contributed by atoms with Crippen molar-refractivity contribution in [2.45, 2.75) is 31.6 Å². The van der Waals surface area contributed by atoms with Gasteiger partial charge in [0.25, 0.3) is 10.1 Å². The second-order valence-corrected chi connectivity index (χ2v) is 3.86. The average molecular weight is 150 g/mol. The van der Waals surface area contributed by atoms with Crippen LogP contribution in [0.3, 0.4) is 0 Å². The topological polar surface area (TPSA) is 46.7 Å². The number of unbranched alkanes of at least 4 members (excludes halogenated alkanes) is 1. The first-order valence-electron chi connectivity index (χ1n) is 3.09. The normalized spacial score (nSPS) is 30.1. The van der Waals surface area contributed by atoms with E-state index in [1.54, 1.807) is 0 Å². The van der Waals surface area contributed by atoms with Crippen LogP contribution in [0, 0.1) is 0 Å². The summed E-state index contributed by atoms with van der Waals surface area (Å²) in [6.45, 7) is 2.02. The maximum absolute atomic E-state index is 10.4. The second kappa shape index (κ2) is 2.27. The Morgan fingerprint density at radius 3 is 2.44 bits per heavy atom. The van der Waals surface area contributed by atoms with Crippen LogP contribution in [0.5, 0.6) is 0 Å². The van der Waals surface area contributed by atoms with E-state index in [1.807, 2.05) is 6.92 Å². The molecule has 0 spiro atoms. The summed E-state index contributed by atoms with van der Waals surface area (Å²) >= 11 is 0. The Labute approximate surface area is 55.1 Å². The fourth-order valence-corrected chi connectivity index (χ4v) is 1.69. The first-order valence-corrected chi connectivity index (χ1v) is 4.56. The highest BCUT2D eigenvalue weighted by Crippen LogP contribution is 2.28. The SMILES string of the molecule is CCCCC1OS1(=O)=O. The van der Waals surface area contributed by atoms with Gasteiger partial charge in [0.2, 0.25) is 5.44 Å². The van der Waals surface area contributed by atoms with Crippen LogP contribution in [0.15, 0.2) is 0 Å². The molecule has 0 aliphatic carbocycles. The van der Waals surface area contributed by atoms with E-state index in [9.17, 15) is 8.42 Å². The van der Waals surface area contributed by atoms with Crippen LogP contribution in [0.25, 0.3) is 0 Å². The fourth-order valence-electron chi connectivity index (χ4n) is 0.690. The zero-order chi connectivity index (χ0) is 6.91. The summed E-state index contributed by atoms with van der Waals surface area (Å²) in [6.07, 6.45) is 2.62. The van der Waals surface area contributed by atoms with Crippen molar-refractivity contribution in [3.05, 3.63) is 0 Å². The minimum absolute atomic E-state index is 0.461.